The van der Waals surface area contributed by atoms with Crippen molar-refractivity contribution in [3.63, 3.8) is 0 Å². The number of carboxylic acids is 1. The van der Waals surface area contributed by atoms with Crippen molar-refractivity contribution < 1.29 is 94.4 Å². The number of carbonyl (C=O) groups is 2. The minimum atomic E-state index is -4.81. The molecule has 0 aliphatic carbocycles. The number of hydrogen-bond acceptors (Lipinski definition) is 5. The fourth-order valence-corrected chi connectivity index (χ4v) is 2.50. The topological polar surface area (TPSA) is 118 Å². The van der Waals surface area contributed by atoms with Gasteiger partial charge in [-0.25, -0.2) is 0 Å². The summed E-state index contributed by atoms with van der Waals surface area (Å²) in [4.78, 5) is 22.0. The van der Waals surface area contributed by atoms with Gasteiger partial charge in [-0.2, -0.15) is 8.42 Å². The fourth-order valence-electron chi connectivity index (χ4n) is 1.90. The van der Waals surface area contributed by atoms with E-state index in [-0.39, 0.29) is 68.6 Å². The first-order valence-corrected chi connectivity index (χ1v) is 8.99. The summed E-state index contributed by atoms with van der Waals surface area (Å²) in [6.45, 7) is 4.48. The summed E-state index contributed by atoms with van der Waals surface area (Å²) in [6, 6.07) is 0. The van der Waals surface area contributed by atoms with Crippen LogP contribution < -0.4 is 59.1 Å². The molecule has 0 heterocycles. The number of hydrogen-bond donors (Lipinski definition) is 2. The molecule has 0 bridgehead atoms. The zero-order chi connectivity index (χ0) is 17.2. The number of rotatable bonds is 12. The Morgan fingerprint density at radius 1 is 1.04 bits per heavy atom. The molecule has 7 nitrogen and oxygen atoms in total. The van der Waals surface area contributed by atoms with Gasteiger partial charge >= 0.3 is 71.1 Å². The van der Waals surface area contributed by atoms with E-state index in [2.05, 4.69) is 13.8 Å². The summed E-state index contributed by atoms with van der Waals surface area (Å²) in [6.07, 6.45) is 5.18. The maximum absolute atomic E-state index is 11.4. The second-order valence-electron chi connectivity index (χ2n) is 5.72. The third-order valence-electron chi connectivity index (χ3n) is 3.18. The second-order valence-corrected chi connectivity index (χ2v) is 7.32. The van der Waals surface area contributed by atoms with E-state index in [4.69, 9.17) is 14.4 Å². The Morgan fingerprint density at radius 2 is 1.54 bits per heavy atom. The molecular formula is C14H28Na2O7S. The zero-order valence-electron chi connectivity index (χ0n) is 17.2. The standard InChI is InChI=1S/C14H26O7S.2Na.2H/c1-11(2)8-6-4-3-5-7-9-21-13(15)10-12(14(16)17)22(18,19)20;;;;/h11-12H,3-10H2,1-2H3,(H,16,17)(H,18,19,20);;;;/q;2*+1;2*-1. The van der Waals surface area contributed by atoms with E-state index in [1.165, 1.54) is 12.8 Å². The van der Waals surface area contributed by atoms with Crippen molar-refractivity contribution in [1.29, 1.82) is 0 Å². The SMILES string of the molecule is CC(C)CCCCCCCOC(=O)CC(C(=O)O)S(=O)(=O)O.[H-].[H-].[Na+].[Na+]. The number of carboxylic acid groups (broad SMARTS) is 1. The van der Waals surface area contributed by atoms with Crippen molar-refractivity contribution in [3.8, 4) is 0 Å². The maximum Gasteiger partial charge on any atom is 1.00 e. The Bertz CT molecular complexity index is 462. The van der Waals surface area contributed by atoms with Gasteiger partial charge in [-0.1, -0.05) is 46.0 Å². The summed E-state index contributed by atoms with van der Waals surface area (Å²) in [5, 5.41) is 6.47. The van der Waals surface area contributed by atoms with Crippen molar-refractivity contribution in [2.24, 2.45) is 5.92 Å². The average Bonchev–Trinajstić information content (AvgIpc) is 2.37. The molecule has 1 unspecified atom stereocenters. The van der Waals surface area contributed by atoms with Crippen molar-refractivity contribution >= 4 is 22.1 Å². The van der Waals surface area contributed by atoms with Crippen LogP contribution in [-0.4, -0.2) is 41.9 Å². The van der Waals surface area contributed by atoms with Gasteiger partial charge in [-0.05, 0) is 12.3 Å². The first-order valence-electron chi connectivity index (χ1n) is 7.49. The molecule has 1 atom stereocenters. The van der Waals surface area contributed by atoms with Crippen molar-refractivity contribution in [3.05, 3.63) is 0 Å². The number of aliphatic carboxylic acids is 1. The third kappa shape index (κ3) is 16.3. The second kappa shape index (κ2) is 16.1. The van der Waals surface area contributed by atoms with E-state index in [0.717, 1.165) is 19.3 Å². The Hall–Kier alpha value is 0.850. The average molecular weight is 386 g/mol. The van der Waals surface area contributed by atoms with Crippen LogP contribution in [0.25, 0.3) is 0 Å². The fraction of sp³-hybridized carbons (Fsp3) is 0.857. The van der Waals surface area contributed by atoms with Gasteiger partial charge in [0.1, 0.15) is 0 Å². The number of unbranched alkanes of at least 4 members (excludes halogenated alkanes) is 4. The molecule has 0 fully saturated rings. The van der Waals surface area contributed by atoms with E-state index >= 15 is 0 Å². The van der Waals surface area contributed by atoms with Gasteiger partial charge in [0.2, 0.25) is 0 Å². The van der Waals surface area contributed by atoms with Crippen LogP contribution in [0.15, 0.2) is 0 Å². The summed E-state index contributed by atoms with van der Waals surface area (Å²) < 4.78 is 35.1. The Balaban J connectivity index is -0.000000367. The van der Waals surface area contributed by atoms with Gasteiger partial charge in [-0.15, -0.1) is 0 Å². The molecular weight excluding hydrogens is 358 g/mol. The minimum absolute atomic E-state index is 0. The van der Waals surface area contributed by atoms with Gasteiger partial charge in [-0.3, -0.25) is 14.1 Å². The van der Waals surface area contributed by atoms with Gasteiger partial charge in [0.05, 0.1) is 13.0 Å². The monoisotopic (exact) mass is 386 g/mol. The van der Waals surface area contributed by atoms with Gasteiger partial charge in [0.25, 0.3) is 10.1 Å². The summed E-state index contributed by atoms with van der Waals surface area (Å²) in [7, 11) is -4.81. The van der Waals surface area contributed by atoms with Crippen LogP contribution in [0, 0.1) is 5.92 Å². The first kappa shape index (κ1) is 29.6. The molecule has 0 aliphatic heterocycles. The van der Waals surface area contributed by atoms with E-state index in [9.17, 15) is 18.0 Å². The van der Waals surface area contributed by atoms with E-state index in [1.54, 1.807) is 0 Å². The molecule has 0 radical (unpaired) electrons. The largest absolute Gasteiger partial charge is 1.00 e. The Morgan fingerprint density at radius 3 is 2.00 bits per heavy atom. The van der Waals surface area contributed by atoms with Crippen LogP contribution in [0.5, 0.6) is 0 Å². The van der Waals surface area contributed by atoms with Crippen LogP contribution in [0.1, 0.15) is 61.6 Å². The van der Waals surface area contributed by atoms with Crippen molar-refractivity contribution in [2.75, 3.05) is 6.61 Å². The number of esters is 1. The number of ether oxygens (including phenoxy) is 1. The first-order chi connectivity index (χ1) is 10.1. The van der Waals surface area contributed by atoms with E-state index < -0.39 is 33.7 Å². The predicted octanol–water partition coefficient (Wildman–Crippen LogP) is -3.51. The van der Waals surface area contributed by atoms with Crippen LogP contribution in [0.3, 0.4) is 0 Å². The van der Waals surface area contributed by atoms with Crippen LogP contribution in [-0.2, 0) is 24.4 Å². The molecule has 0 aromatic carbocycles. The van der Waals surface area contributed by atoms with Crippen LogP contribution >= 0.6 is 0 Å². The molecule has 0 aromatic heterocycles. The molecule has 134 valence electrons. The van der Waals surface area contributed by atoms with E-state index in [1.807, 2.05) is 0 Å². The summed E-state index contributed by atoms with van der Waals surface area (Å²) >= 11 is 0. The van der Waals surface area contributed by atoms with Crippen LogP contribution in [0.4, 0.5) is 0 Å². The van der Waals surface area contributed by atoms with Gasteiger partial charge in [0, 0.05) is 0 Å². The molecule has 0 aliphatic rings. The minimum Gasteiger partial charge on any atom is -1.00 e. The Kier molecular flexibility index (Phi) is 19.8. The normalized spacial score (nSPS) is 12.0. The van der Waals surface area contributed by atoms with Gasteiger partial charge in [0.15, 0.2) is 5.25 Å². The molecule has 0 saturated carbocycles. The zero-order valence-corrected chi connectivity index (χ0v) is 20.0. The van der Waals surface area contributed by atoms with E-state index in [0.29, 0.717) is 12.3 Å². The quantitative estimate of drug-likeness (QED) is 0.155. The van der Waals surface area contributed by atoms with Gasteiger partial charge < -0.3 is 12.7 Å². The predicted molar refractivity (Wildman–Crippen MR) is 83.3 cm³/mol. The molecule has 0 spiro atoms. The van der Waals surface area contributed by atoms with Crippen LogP contribution in [0.2, 0.25) is 0 Å². The maximum atomic E-state index is 11.4. The molecule has 24 heavy (non-hydrogen) atoms. The van der Waals surface area contributed by atoms with Crippen molar-refractivity contribution in [1.82, 2.24) is 0 Å². The summed E-state index contributed by atoms with van der Waals surface area (Å²) in [5.41, 5.74) is 0. The van der Waals surface area contributed by atoms with Crippen molar-refractivity contribution in [2.45, 2.75) is 64.0 Å². The number of carbonyl (C=O) groups excluding carboxylic acids is 1. The summed E-state index contributed by atoms with van der Waals surface area (Å²) in [5.74, 6) is -2.01. The third-order valence-corrected chi connectivity index (χ3v) is 4.26. The molecule has 0 aromatic rings. The molecule has 0 saturated heterocycles. The molecule has 0 rings (SSSR count). The molecule has 10 heteroatoms. The molecule has 2 N–H and O–H groups in total. The Labute approximate surface area is 191 Å². The molecule has 0 amide bonds. The smallest absolute Gasteiger partial charge is 1.00 e.